The summed E-state index contributed by atoms with van der Waals surface area (Å²) < 4.78 is 39.2. The normalized spacial score (nSPS) is 10.4. The number of anilines is 3. The average molecular weight is 252 g/mol. The van der Waals surface area contributed by atoms with E-state index in [1.807, 2.05) is 0 Å². The first-order valence-corrected chi connectivity index (χ1v) is 5.25. The van der Waals surface area contributed by atoms with Gasteiger partial charge in [-0.1, -0.05) is 0 Å². The minimum atomic E-state index is -0.836. The van der Waals surface area contributed by atoms with Crippen LogP contribution in [0.25, 0.3) is 0 Å². The number of halogens is 3. The van der Waals surface area contributed by atoms with E-state index in [1.165, 1.54) is 18.2 Å². The molecule has 0 spiro atoms. The van der Waals surface area contributed by atoms with E-state index in [0.717, 1.165) is 6.07 Å². The Hall–Kier alpha value is -2.17. The van der Waals surface area contributed by atoms with E-state index in [4.69, 9.17) is 5.73 Å². The molecule has 2 nitrogen and oxygen atoms in total. The first kappa shape index (κ1) is 12.3. The summed E-state index contributed by atoms with van der Waals surface area (Å²) in [6.45, 7) is 1.68. The van der Waals surface area contributed by atoms with Crippen LogP contribution in [0.1, 0.15) is 5.56 Å². The van der Waals surface area contributed by atoms with Crippen LogP contribution in [0.5, 0.6) is 0 Å². The van der Waals surface area contributed by atoms with Crippen molar-refractivity contribution >= 4 is 17.1 Å². The number of nitrogens with one attached hydrogen (secondary N) is 1. The van der Waals surface area contributed by atoms with Crippen LogP contribution >= 0.6 is 0 Å². The maximum absolute atomic E-state index is 13.2. The second-order valence-electron chi connectivity index (χ2n) is 3.93. The lowest BCUT2D eigenvalue weighted by Crippen LogP contribution is -2.01. The van der Waals surface area contributed by atoms with Gasteiger partial charge in [0.05, 0.1) is 11.4 Å². The molecule has 18 heavy (non-hydrogen) atoms. The molecule has 0 aliphatic heterocycles. The maximum atomic E-state index is 13.2. The molecule has 0 amide bonds. The van der Waals surface area contributed by atoms with Crippen molar-refractivity contribution in [3.63, 3.8) is 0 Å². The highest BCUT2D eigenvalue weighted by Gasteiger charge is 2.09. The van der Waals surface area contributed by atoms with Gasteiger partial charge in [0.25, 0.3) is 0 Å². The molecule has 0 saturated heterocycles. The summed E-state index contributed by atoms with van der Waals surface area (Å²) in [4.78, 5) is 0. The van der Waals surface area contributed by atoms with E-state index >= 15 is 0 Å². The number of nitrogens with two attached hydrogens (primary N) is 1. The van der Waals surface area contributed by atoms with Crippen LogP contribution in [0.4, 0.5) is 30.2 Å². The molecular formula is C13H11F3N2. The van der Waals surface area contributed by atoms with E-state index < -0.39 is 11.6 Å². The van der Waals surface area contributed by atoms with Gasteiger partial charge in [-0.15, -0.1) is 0 Å². The standard InChI is InChI=1S/C13H11F3N2/c1-7-4-8(14)2-3-11(7)18-12-6-9(15)5-10(16)13(12)17/h2-6,18H,17H2,1H3. The minimum absolute atomic E-state index is 0.113. The van der Waals surface area contributed by atoms with Crippen LogP contribution in [0.2, 0.25) is 0 Å². The van der Waals surface area contributed by atoms with E-state index in [-0.39, 0.29) is 17.2 Å². The summed E-state index contributed by atoms with van der Waals surface area (Å²) in [6.07, 6.45) is 0. The van der Waals surface area contributed by atoms with Gasteiger partial charge < -0.3 is 11.1 Å². The smallest absolute Gasteiger partial charge is 0.151 e. The molecule has 3 N–H and O–H groups in total. The third-order valence-electron chi connectivity index (χ3n) is 2.55. The van der Waals surface area contributed by atoms with Gasteiger partial charge >= 0.3 is 0 Å². The summed E-state index contributed by atoms with van der Waals surface area (Å²) in [5.41, 5.74) is 6.58. The molecule has 0 aliphatic carbocycles. The highest BCUT2D eigenvalue weighted by atomic mass is 19.1. The number of nitrogen functional groups attached to an aromatic ring is 1. The lowest BCUT2D eigenvalue weighted by molar-refractivity contribution is 0.587. The molecule has 94 valence electrons. The van der Waals surface area contributed by atoms with Gasteiger partial charge in [-0.2, -0.15) is 0 Å². The van der Waals surface area contributed by atoms with Gasteiger partial charge in [0, 0.05) is 11.8 Å². The Kier molecular flexibility index (Phi) is 3.14. The van der Waals surface area contributed by atoms with Crippen LogP contribution in [0, 0.1) is 24.4 Å². The van der Waals surface area contributed by atoms with Gasteiger partial charge in [-0.3, -0.25) is 0 Å². The van der Waals surface area contributed by atoms with Crippen molar-refractivity contribution < 1.29 is 13.2 Å². The van der Waals surface area contributed by atoms with Crippen LogP contribution in [-0.4, -0.2) is 0 Å². The summed E-state index contributed by atoms with van der Waals surface area (Å²) in [7, 11) is 0. The van der Waals surface area contributed by atoms with Crippen molar-refractivity contribution in [2.24, 2.45) is 0 Å². The Balaban J connectivity index is 2.40. The Bertz CT molecular complexity index is 597. The van der Waals surface area contributed by atoms with Gasteiger partial charge in [-0.25, -0.2) is 13.2 Å². The van der Waals surface area contributed by atoms with Crippen molar-refractivity contribution in [3.05, 3.63) is 53.3 Å². The molecule has 0 atom stereocenters. The Morgan fingerprint density at radius 3 is 2.33 bits per heavy atom. The fourth-order valence-corrected chi connectivity index (χ4v) is 1.60. The number of rotatable bonds is 2. The molecule has 0 fully saturated rings. The molecule has 0 radical (unpaired) electrons. The quantitative estimate of drug-likeness (QED) is 0.799. The molecule has 2 aromatic carbocycles. The lowest BCUT2D eigenvalue weighted by Gasteiger charge is -2.12. The Labute approximate surface area is 102 Å². The highest BCUT2D eigenvalue weighted by molar-refractivity contribution is 5.74. The average Bonchev–Trinajstić information content (AvgIpc) is 2.29. The first-order valence-electron chi connectivity index (χ1n) is 5.25. The van der Waals surface area contributed by atoms with E-state index in [0.29, 0.717) is 17.3 Å². The van der Waals surface area contributed by atoms with Crippen molar-refractivity contribution in [1.82, 2.24) is 0 Å². The molecule has 0 aliphatic rings. The lowest BCUT2D eigenvalue weighted by atomic mass is 10.1. The summed E-state index contributed by atoms with van der Waals surface area (Å²) in [5, 5.41) is 2.78. The zero-order chi connectivity index (χ0) is 13.3. The van der Waals surface area contributed by atoms with E-state index in [1.54, 1.807) is 6.92 Å². The molecule has 0 heterocycles. The SMILES string of the molecule is Cc1cc(F)ccc1Nc1cc(F)cc(F)c1N. The zero-order valence-corrected chi connectivity index (χ0v) is 9.60. The summed E-state index contributed by atoms with van der Waals surface area (Å²) in [5.74, 6) is -1.95. The minimum Gasteiger partial charge on any atom is -0.395 e. The summed E-state index contributed by atoms with van der Waals surface area (Å²) >= 11 is 0. The second-order valence-corrected chi connectivity index (χ2v) is 3.93. The molecule has 0 saturated carbocycles. The van der Waals surface area contributed by atoms with Crippen LogP contribution in [0.15, 0.2) is 30.3 Å². The third kappa shape index (κ3) is 2.40. The van der Waals surface area contributed by atoms with E-state index in [9.17, 15) is 13.2 Å². The molecule has 2 aromatic rings. The Morgan fingerprint density at radius 2 is 1.67 bits per heavy atom. The molecule has 0 bridgehead atoms. The number of benzene rings is 2. The first-order chi connectivity index (χ1) is 8.47. The topological polar surface area (TPSA) is 38.0 Å². The van der Waals surface area contributed by atoms with Crippen LogP contribution in [0.3, 0.4) is 0 Å². The van der Waals surface area contributed by atoms with Gasteiger partial charge in [0.1, 0.15) is 11.6 Å². The summed E-state index contributed by atoms with van der Waals surface area (Å²) in [6, 6.07) is 5.83. The van der Waals surface area contributed by atoms with Gasteiger partial charge in [0.15, 0.2) is 5.82 Å². The fourth-order valence-electron chi connectivity index (χ4n) is 1.60. The van der Waals surface area contributed by atoms with Gasteiger partial charge in [0.2, 0.25) is 0 Å². The number of hydrogen-bond acceptors (Lipinski definition) is 2. The molecule has 2 rings (SSSR count). The van der Waals surface area contributed by atoms with Crippen LogP contribution < -0.4 is 11.1 Å². The Morgan fingerprint density at radius 1 is 0.944 bits per heavy atom. The number of aryl methyl sites for hydroxylation is 1. The van der Waals surface area contributed by atoms with Crippen molar-refractivity contribution in [3.8, 4) is 0 Å². The van der Waals surface area contributed by atoms with E-state index in [2.05, 4.69) is 5.32 Å². The molecule has 0 unspecified atom stereocenters. The fraction of sp³-hybridized carbons (Fsp3) is 0.0769. The monoisotopic (exact) mass is 252 g/mol. The van der Waals surface area contributed by atoms with Crippen LogP contribution in [-0.2, 0) is 0 Å². The van der Waals surface area contributed by atoms with Gasteiger partial charge in [-0.05, 0) is 36.8 Å². The third-order valence-corrected chi connectivity index (χ3v) is 2.55. The maximum Gasteiger partial charge on any atom is 0.151 e. The molecular weight excluding hydrogens is 241 g/mol. The van der Waals surface area contributed by atoms with Crippen molar-refractivity contribution in [2.75, 3.05) is 11.1 Å². The predicted molar refractivity (Wildman–Crippen MR) is 65.2 cm³/mol. The molecule has 0 aromatic heterocycles. The highest BCUT2D eigenvalue weighted by Crippen LogP contribution is 2.28. The molecule has 5 heteroatoms. The predicted octanol–water partition coefficient (Wildman–Crippen LogP) is 3.74. The van der Waals surface area contributed by atoms with Crippen molar-refractivity contribution in [1.29, 1.82) is 0 Å². The zero-order valence-electron chi connectivity index (χ0n) is 9.60. The largest absolute Gasteiger partial charge is 0.395 e. The van der Waals surface area contributed by atoms with Crippen molar-refractivity contribution in [2.45, 2.75) is 6.92 Å². The second kappa shape index (κ2) is 4.60. The number of hydrogen-bond donors (Lipinski definition) is 2.